The smallest absolute Gasteiger partial charge is 0.254 e. The maximum Gasteiger partial charge on any atom is 0.254 e. The van der Waals surface area contributed by atoms with Crippen LogP contribution in [0.25, 0.3) is 5.65 Å². The van der Waals surface area contributed by atoms with Crippen molar-refractivity contribution in [1.82, 2.24) is 24.1 Å². The minimum Gasteiger partial charge on any atom is -0.487 e. The van der Waals surface area contributed by atoms with Crippen LogP contribution in [0.3, 0.4) is 0 Å². The largest absolute Gasteiger partial charge is 0.487 e. The van der Waals surface area contributed by atoms with Crippen LogP contribution >= 0.6 is 0 Å². The molecule has 1 aromatic carbocycles. The van der Waals surface area contributed by atoms with Crippen molar-refractivity contribution in [3.8, 4) is 5.75 Å². The Hall–Kier alpha value is -3.39. The van der Waals surface area contributed by atoms with E-state index in [1.807, 2.05) is 63.8 Å². The van der Waals surface area contributed by atoms with Crippen LogP contribution in [0, 0.1) is 6.92 Å². The molecule has 4 heterocycles. The van der Waals surface area contributed by atoms with Gasteiger partial charge in [0.2, 0.25) is 5.91 Å². The molecule has 0 radical (unpaired) electrons. The quantitative estimate of drug-likeness (QED) is 0.548. The first kappa shape index (κ1) is 23.4. The number of ether oxygens (including phenoxy) is 1. The summed E-state index contributed by atoms with van der Waals surface area (Å²) >= 11 is 0. The molecule has 0 aliphatic carbocycles. The first-order chi connectivity index (χ1) is 17.0. The number of fused-ring (bicyclic) bond motifs is 1. The number of imidazole rings is 1. The molecule has 2 aliphatic heterocycles. The second-order valence-electron chi connectivity index (χ2n) is 9.53. The number of piperidine rings is 1. The Kier molecular flexibility index (Phi) is 6.99. The van der Waals surface area contributed by atoms with E-state index >= 15 is 0 Å². The molecule has 2 saturated heterocycles. The lowest BCUT2D eigenvalue weighted by Crippen LogP contribution is -2.52. The maximum absolute atomic E-state index is 13.1. The second kappa shape index (κ2) is 10.5. The van der Waals surface area contributed by atoms with Gasteiger partial charge < -0.3 is 18.9 Å². The van der Waals surface area contributed by atoms with Gasteiger partial charge in [-0.15, -0.1) is 0 Å². The van der Waals surface area contributed by atoms with E-state index in [9.17, 15) is 9.59 Å². The summed E-state index contributed by atoms with van der Waals surface area (Å²) in [6.07, 6.45) is 7.43. The molecule has 0 bridgehead atoms. The fourth-order valence-electron chi connectivity index (χ4n) is 4.83. The summed E-state index contributed by atoms with van der Waals surface area (Å²) in [5, 5.41) is 0. The molecule has 35 heavy (non-hydrogen) atoms. The number of carbonyl (C=O) groups excluding carboxylic acids is 2. The summed E-state index contributed by atoms with van der Waals surface area (Å²) in [5.41, 5.74) is 3.51. The Balaban J connectivity index is 1.13. The predicted octanol–water partition coefficient (Wildman–Crippen LogP) is 2.99. The number of benzene rings is 1. The van der Waals surface area contributed by atoms with Crippen molar-refractivity contribution in [1.29, 1.82) is 0 Å². The van der Waals surface area contributed by atoms with Crippen molar-refractivity contribution in [3.05, 3.63) is 65.6 Å². The van der Waals surface area contributed by atoms with Crippen LogP contribution in [0.2, 0.25) is 0 Å². The number of nitrogens with zero attached hydrogens (tertiary/aromatic N) is 5. The fourth-order valence-corrected chi connectivity index (χ4v) is 4.83. The van der Waals surface area contributed by atoms with Crippen molar-refractivity contribution in [2.75, 3.05) is 45.8 Å². The highest BCUT2D eigenvalue weighted by Gasteiger charge is 2.25. The van der Waals surface area contributed by atoms with E-state index < -0.39 is 0 Å². The van der Waals surface area contributed by atoms with Gasteiger partial charge in [0, 0.05) is 57.2 Å². The third-order valence-electron chi connectivity index (χ3n) is 6.84. The van der Waals surface area contributed by atoms with Crippen LogP contribution in [-0.2, 0) is 11.4 Å². The number of aryl methyl sites for hydroxylation is 1. The average molecular weight is 476 g/mol. The lowest BCUT2D eigenvalue weighted by molar-refractivity contribution is -0.133. The first-order valence-electron chi connectivity index (χ1n) is 12.5. The zero-order valence-electron chi connectivity index (χ0n) is 20.4. The fraction of sp³-hybridized carbons (Fsp3) is 0.444. The van der Waals surface area contributed by atoms with E-state index in [0.717, 1.165) is 50.4 Å². The Labute approximate surface area is 206 Å². The molecule has 2 amide bonds. The summed E-state index contributed by atoms with van der Waals surface area (Å²) in [4.78, 5) is 36.3. The van der Waals surface area contributed by atoms with Crippen LogP contribution in [0.15, 0.2) is 48.8 Å². The first-order valence-corrected chi connectivity index (χ1v) is 12.5. The third kappa shape index (κ3) is 5.65. The van der Waals surface area contributed by atoms with Crippen molar-refractivity contribution in [2.45, 2.75) is 32.8 Å². The molecule has 0 N–H and O–H groups in total. The molecule has 0 spiro atoms. The van der Waals surface area contributed by atoms with Gasteiger partial charge in [-0.25, -0.2) is 4.98 Å². The molecular formula is C27H33N5O3. The topological polar surface area (TPSA) is 70.4 Å². The van der Waals surface area contributed by atoms with Gasteiger partial charge in [-0.05, 0) is 56.0 Å². The number of carbonyl (C=O) groups is 2. The van der Waals surface area contributed by atoms with E-state index in [1.54, 1.807) is 6.07 Å². The van der Waals surface area contributed by atoms with Gasteiger partial charge in [-0.1, -0.05) is 12.1 Å². The Morgan fingerprint density at radius 2 is 1.71 bits per heavy atom. The number of aromatic nitrogens is 2. The van der Waals surface area contributed by atoms with Gasteiger partial charge in [0.05, 0.1) is 12.2 Å². The third-order valence-corrected chi connectivity index (χ3v) is 6.84. The molecule has 3 aromatic rings. The van der Waals surface area contributed by atoms with Crippen molar-refractivity contribution in [3.63, 3.8) is 0 Å². The standard InChI is InChI=1S/C27H33N5O3/c1-21-8-9-25-28-23(18-32(25)17-21)20-35-24-7-5-6-22(16-24)27(34)31-14-12-29(13-15-31)19-26(33)30-10-3-2-4-11-30/h5-9,16-18H,2-4,10-15,19-20H2,1H3. The summed E-state index contributed by atoms with van der Waals surface area (Å²) < 4.78 is 7.95. The van der Waals surface area contributed by atoms with E-state index in [4.69, 9.17) is 4.74 Å². The molecule has 0 atom stereocenters. The molecule has 0 unspecified atom stereocenters. The van der Waals surface area contributed by atoms with Crippen LogP contribution in [0.1, 0.15) is 40.9 Å². The van der Waals surface area contributed by atoms with E-state index in [1.165, 1.54) is 12.0 Å². The van der Waals surface area contributed by atoms with Crippen molar-refractivity contribution >= 4 is 17.5 Å². The van der Waals surface area contributed by atoms with E-state index in [-0.39, 0.29) is 11.8 Å². The maximum atomic E-state index is 13.1. The highest BCUT2D eigenvalue weighted by atomic mass is 16.5. The number of pyridine rings is 1. The van der Waals surface area contributed by atoms with Crippen molar-refractivity contribution < 1.29 is 14.3 Å². The number of piperazine rings is 1. The molecule has 5 rings (SSSR count). The lowest BCUT2D eigenvalue weighted by Gasteiger charge is -2.36. The van der Waals surface area contributed by atoms with Gasteiger partial charge in [-0.3, -0.25) is 14.5 Å². The molecule has 2 aromatic heterocycles. The highest BCUT2D eigenvalue weighted by molar-refractivity contribution is 5.94. The van der Waals surface area contributed by atoms with E-state index in [2.05, 4.69) is 9.88 Å². The van der Waals surface area contributed by atoms with Gasteiger partial charge in [0.25, 0.3) is 5.91 Å². The van der Waals surface area contributed by atoms with Crippen LogP contribution in [0.4, 0.5) is 0 Å². The second-order valence-corrected chi connectivity index (χ2v) is 9.53. The van der Waals surface area contributed by atoms with E-state index in [0.29, 0.717) is 37.6 Å². The number of amides is 2. The monoisotopic (exact) mass is 475 g/mol. The molecule has 0 saturated carbocycles. The number of rotatable bonds is 6. The highest BCUT2D eigenvalue weighted by Crippen LogP contribution is 2.18. The number of hydrogen-bond acceptors (Lipinski definition) is 5. The molecule has 8 heteroatoms. The van der Waals surface area contributed by atoms with Gasteiger partial charge in [-0.2, -0.15) is 0 Å². The summed E-state index contributed by atoms with van der Waals surface area (Å²) in [5.74, 6) is 0.866. The summed E-state index contributed by atoms with van der Waals surface area (Å²) in [6, 6.07) is 11.4. The minimum atomic E-state index is 0.000613. The normalized spacial score (nSPS) is 17.1. The zero-order chi connectivity index (χ0) is 24.2. The predicted molar refractivity (Wildman–Crippen MR) is 133 cm³/mol. The number of hydrogen-bond donors (Lipinski definition) is 0. The van der Waals surface area contributed by atoms with Crippen LogP contribution in [0.5, 0.6) is 5.75 Å². The lowest BCUT2D eigenvalue weighted by atomic mass is 10.1. The Bertz CT molecular complexity index is 1190. The average Bonchev–Trinajstić information content (AvgIpc) is 3.30. The summed E-state index contributed by atoms with van der Waals surface area (Å²) in [6.45, 7) is 7.28. The number of likely N-dealkylation sites (tertiary alicyclic amines) is 1. The van der Waals surface area contributed by atoms with Crippen molar-refractivity contribution in [2.24, 2.45) is 0 Å². The molecule has 2 fully saturated rings. The Morgan fingerprint density at radius 1 is 0.914 bits per heavy atom. The zero-order valence-corrected chi connectivity index (χ0v) is 20.4. The molecule has 8 nitrogen and oxygen atoms in total. The SMILES string of the molecule is Cc1ccc2nc(COc3cccc(C(=O)N4CCN(CC(=O)N5CCCCC5)CC4)c3)cn2c1. The molecular weight excluding hydrogens is 442 g/mol. The Morgan fingerprint density at radius 3 is 2.51 bits per heavy atom. The summed E-state index contributed by atoms with van der Waals surface area (Å²) in [7, 11) is 0. The van der Waals surface area contributed by atoms with Crippen LogP contribution < -0.4 is 4.74 Å². The van der Waals surface area contributed by atoms with Gasteiger partial charge in [0.15, 0.2) is 0 Å². The van der Waals surface area contributed by atoms with Gasteiger partial charge >= 0.3 is 0 Å². The van der Waals surface area contributed by atoms with Gasteiger partial charge in [0.1, 0.15) is 18.0 Å². The molecule has 2 aliphatic rings. The molecule has 184 valence electrons. The van der Waals surface area contributed by atoms with Crippen LogP contribution in [-0.4, -0.2) is 81.7 Å². The minimum absolute atomic E-state index is 0.000613.